The molecule has 114 valence electrons. The van der Waals surface area contributed by atoms with Crippen molar-refractivity contribution in [3.8, 4) is 11.8 Å². The predicted octanol–water partition coefficient (Wildman–Crippen LogP) is -0.182. The lowest BCUT2D eigenvalue weighted by atomic mass is 10.1. The summed E-state index contributed by atoms with van der Waals surface area (Å²) in [6.45, 7) is 0.674. The van der Waals surface area contributed by atoms with Crippen LogP contribution in [0.1, 0.15) is 18.4 Å². The number of rotatable bonds is 4. The molecule has 0 amide bonds. The Labute approximate surface area is 124 Å². The first kappa shape index (κ1) is 15.9. The molecule has 1 aromatic heterocycles. The number of aliphatic hydroxyl groups is 2. The van der Waals surface area contributed by atoms with Crippen molar-refractivity contribution in [2.75, 3.05) is 26.3 Å². The number of pyridine rings is 1. The van der Waals surface area contributed by atoms with Gasteiger partial charge < -0.3 is 10.2 Å². The second-order valence-electron chi connectivity index (χ2n) is 4.90. The Hall–Kier alpha value is -1.46. The number of aliphatic hydroxyl groups excluding tert-OH is 2. The first-order valence-corrected chi connectivity index (χ1v) is 8.17. The van der Waals surface area contributed by atoms with E-state index in [2.05, 4.69) is 16.8 Å². The van der Waals surface area contributed by atoms with Gasteiger partial charge in [-0.15, -0.1) is 0 Å². The summed E-state index contributed by atoms with van der Waals surface area (Å²) in [5, 5.41) is 17.6. The van der Waals surface area contributed by atoms with Crippen LogP contribution in [0.3, 0.4) is 0 Å². The molecule has 0 saturated carbocycles. The second-order valence-corrected chi connectivity index (χ2v) is 6.84. The van der Waals surface area contributed by atoms with Crippen molar-refractivity contribution >= 4 is 10.0 Å². The molecule has 0 aliphatic carbocycles. The van der Waals surface area contributed by atoms with Crippen molar-refractivity contribution in [2.24, 2.45) is 5.92 Å². The van der Waals surface area contributed by atoms with Crippen molar-refractivity contribution in [2.45, 2.75) is 17.7 Å². The minimum atomic E-state index is -3.58. The lowest BCUT2D eigenvalue weighted by Crippen LogP contribution is -2.29. The van der Waals surface area contributed by atoms with Gasteiger partial charge in [-0.1, -0.05) is 11.8 Å². The zero-order valence-electron chi connectivity index (χ0n) is 11.6. The summed E-state index contributed by atoms with van der Waals surface area (Å²) < 4.78 is 26.5. The fourth-order valence-electron chi connectivity index (χ4n) is 2.35. The molecule has 2 N–H and O–H groups in total. The first-order valence-electron chi connectivity index (χ1n) is 6.73. The van der Waals surface area contributed by atoms with E-state index >= 15 is 0 Å². The minimum absolute atomic E-state index is 0.0757. The van der Waals surface area contributed by atoms with E-state index in [0.717, 1.165) is 6.42 Å². The lowest BCUT2D eigenvalue weighted by Gasteiger charge is -2.16. The highest BCUT2D eigenvalue weighted by Gasteiger charge is 2.32. The Kier molecular flexibility index (Phi) is 5.31. The van der Waals surface area contributed by atoms with E-state index in [1.807, 2.05) is 0 Å². The number of nitrogens with zero attached hydrogens (tertiary/aromatic N) is 2. The first-order chi connectivity index (χ1) is 10.1. The number of aromatic nitrogens is 1. The van der Waals surface area contributed by atoms with Gasteiger partial charge in [0.15, 0.2) is 0 Å². The molecular weight excluding hydrogens is 292 g/mol. The molecule has 6 nitrogen and oxygen atoms in total. The van der Waals surface area contributed by atoms with Crippen LogP contribution < -0.4 is 0 Å². The van der Waals surface area contributed by atoms with Crippen LogP contribution in [-0.4, -0.2) is 54.2 Å². The van der Waals surface area contributed by atoms with Gasteiger partial charge in [0, 0.05) is 37.7 Å². The van der Waals surface area contributed by atoms with Crippen LogP contribution in [0.2, 0.25) is 0 Å². The molecule has 7 heteroatoms. The topological polar surface area (TPSA) is 90.7 Å². The summed E-state index contributed by atoms with van der Waals surface area (Å²) in [7, 11) is -3.58. The highest BCUT2D eigenvalue weighted by molar-refractivity contribution is 7.89. The van der Waals surface area contributed by atoms with Gasteiger partial charge in [-0.2, -0.15) is 4.31 Å². The molecule has 1 atom stereocenters. The van der Waals surface area contributed by atoms with Gasteiger partial charge in [0.1, 0.15) is 11.5 Å². The van der Waals surface area contributed by atoms with Crippen molar-refractivity contribution < 1.29 is 18.6 Å². The standard InChI is InChI=1S/C14H18N2O4S/c17-6-1-2-13-8-14(10-15-9-13)21(19,20)16-5-3-12(11-16)4-7-18/h8-10,12,17-18H,3-7,11H2. The second kappa shape index (κ2) is 7.00. The molecule has 0 spiro atoms. The Bertz CT molecular complexity index is 648. The maximum Gasteiger partial charge on any atom is 0.244 e. The van der Waals surface area contributed by atoms with Crippen molar-refractivity contribution in [1.82, 2.24) is 9.29 Å². The quantitative estimate of drug-likeness (QED) is 0.753. The van der Waals surface area contributed by atoms with Gasteiger partial charge in [0.05, 0.1) is 0 Å². The van der Waals surface area contributed by atoms with E-state index in [4.69, 9.17) is 10.2 Å². The molecule has 0 bridgehead atoms. The zero-order chi connectivity index (χ0) is 15.3. The summed E-state index contributed by atoms with van der Waals surface area (Å²) in [6.07, 6.45) is 4.14. The Morgan fingerprint density at radius 3 is 2.90 bits per heavy atom. The summed E-state index contributed by atoms with van der Waals surface area (Å²) in [5.74, 6) is 5.32. The molecule has 1 fully saturated rings. The van der Waals surface area contributed by atoms with Crippen molar-refractivity contribution in [1.29, 1.82) is 0 Å². The van der Waals surface area contributed by atoms with Crippen LogP contribution >= 0.6 is 0 Å². The Balaban J connectivity index is 2.20. The van der Waals surface area contributed by atoms with Crippen molar-refractivity contribution in [3.05, 3.63) is 24.0 Å². The van der Waals surface area contributed by atoms with Crippen LogP contribution in [0.5, 0.6) is 0 Å². The lowest BCUT2D eigenvalue weighted by molar-refractivity contribution is 0.259. The largest absolute Gasteiger partial charge is 0.396 e. The number of hydrogen-bond acceptors (Lipinski definition) is 5. The van der Waals surface area contributed by atoms with E-state index in [0.29, 0.717) is 25.1 Å². The number of hydrogen-bond donors (Lipinski definition) is 2. The molecule has 1 aromatic rings. The molecule has 1 aliphatic rings. The van der Waals surface area contributed by atoms with Crippen LogP contribution in [0.25, 0.3) is 0 Å². The number of sulfonamides is 1. The minimum Gasteiger partial charge on any atom is -0.396 e. The molecule has 1 aliphatic heterocycles. The molecule has 0 radical (unpaired) electrons. The van der Waals surface area contributed by atoms with Gasteiger partial charge in [0.25, 0.3) is 0 Å². The van der Waals surface area contributed by atoms with Gasteiger partial charge in [-0.05, 0) is 24.8 Å². The van der Waals surface area contributed by atoms with Crippen LogP contribution in [0.4, 0.5) is 0 Å². The fraction of sp³-hybridized carbons (Fsp3) is 0.500. The third-order valence-corrected chi connectivity index (χ3v) is 5.28. The van der Waals surface area contributed by atoms with E-state index in [-0.39, 0.29) is 24.0 Å². The average molecular weight is 310 g/mol. The van der Waals surface area contributed by atoms with E-state index in [1.54, 1.807) is 0 Å². The zero-order valence-corrected chi connectivity index (χ0v) is 12.4. The molecule has 21 heavy (non-hydrogen) atoms. The molecular formula is C14H18N2O4S. The molecule has 2 heterocycles. The molecule has 1 saturated heterocycles. The highest BCUT2D eigenvalue weighted by Crippen LogP contribution is 2.25. The monoisotopic (exact) mass is 310 g/mol. The fourth-order valence-corrected chi connectivity index (χ4v) is 3.87. The van der Waals surface area contributed by atoms with E-state index in [9.17, 15) is 8.42 Å². The van der Waals surface area contributed by atoms with Crippen molar-refractivity contribution in [3.63, 3.8) is 0 Å². The third kappa shape index (κ3) is 3.80. The van der Waals surface area contributed by atoms with Gasteiger partial charge in [0.2, 0.25) is 10.0 Å². The highest BCUT2D eigenvalue weighted by atomic mass is 32.2. The normalized spacial score (nSPS) is 19.2. The molecule has 0 aromatic carbocycles. The summed E-state index contributed by atoms with van der Waals surface area (Å²) in [5.41, 5.74) is 0.455. The molecule has 2 rings (SSSR count). The van der Waals surface area contributed by atoms with Gasteiger partial charge in [-0.3, -0.25) is 4.98 Å². The average Bonchev–Trinajstić information content (AvgIpc) is 2.95. The van der Waals surface area contributed by atoms with Crippen LogP contribution in [-0.2, 0) is 10.0 Å². The third-order valence-electron chi connectivity index (χ3n) is 3.45. The smallest absolute Gasteiger partial charge is 0.244 e. The maximum absolute atomic E-state index is 12.5. The Morgan fingerprint density at radius 2 is 2.19 bits per heavy atom. The Morgan fingerprint density at radius 1 is 1.38 bits per heavy atom. The predicted molar refractivity (Wildman–Crippen MR) is 76.8 cm³/mol. The summed E-state index contributed by atoms with van der Waals surface area (Å²) >= 11 is 0. The van der Waals surface area contributed by atoms with Crippen LogP contribution in [0, 0.1) is 17.8 Å². The summed E-state index contributed by atoms with van der Waals surface area (Å²) in [6, 6.07) is 1.46. The maximum atomic E-state index is 12.5. The molecule has 1 unspecified atom stereocenters. The summed E-state index contributed by atoms with van der Waals surface area (Å²) in [4.78, 5) is 4.01. The van der Waals surface area contributed by atoms with E-state index in [1.165, 1.54) is 22.8 Å². The SMILES string of the molecule is O=S(=O)(c1cncc(C#CCO)c1)N1CCC(CCO)C1. The van der Waals surface area contributed by atoms with Gasteiger partial charge >= 0.3 is 0 Å². The van der Waals surface area contributed by atoms with E-state index < -0.39 is 10.0 Å². The van der Waals surface area contributed by atoms with Gasteiger partial charge in [-0.25, -0.2) is 8.42 Å². The van der Waals surface area contributed by atoms with Crippen LogP contribution in [0.15, 0.2) is 23.4 Å².